The molecule has 2 heterocycles. The normalized spacial score (nSPS) is 12.3. The Bertz CT molecular complexity index is 809. The third-order valence-corrected chi connectivity index (χ3v) is 4.76. The number of carboxylic acid groups (broad SMARTS) is 1. The fraction of sp³-hybridized carbons (Fsp3) is 0.467. The number of carbonyl (C=O) groups excluding carboxylic acids is 1. The molecule has 3 N–H and O–H groups in total. The molecule has 0 bridgehead atoms. The van der Waals surface area contributed by atoms with Crippen LogP contribution in [0.15, 0.2) is 4.79 Å². The van der Waals surface area contributed by atoms with Gasteiger partial charge in [-0.05, 0) is 25.8 Å². The zero-order valence-corrected chi connectivity index (χ0v) is 14.0. The van der Waals surface area contributed by atoms with Gasteiger partial charge in [-0.15, -0.1) is 11.3 Å². The van der Waals surface area contributed by atoms with Crippen LogP contribution in [0, 0.1) is 13.8 Å². The molecule has 124 valence electrons. The van der Waals surface area contributed by atoms with E-state index in [1.165, 1.54) is 0 Å². The van der Waals surface area contributed by atoms with Crippen molar-refractivity contribution in [3.63, 3.8) is 0 Å². The van der Waals surface area contributed by atoms with E-state index < -0.39 is 17.9 Å². The lowest BCUT2D eigenvalue weighted by atomic mass is 10.1. The van der Waals surface area contributed by atoms with Crippen LogP contribution < -0.4 is 10.9 Å². The first kappa shape index (κ1) is 17.1. The zero-order valence-electron chi connectivity index (χ0n) is 13.2. The van der Waals surface area contributed by atoms with E-state index in [1.54, 1.807) is 13.8 Å². The Hall–Kier alpha value is -2.22. The lowest BCUT2D eigenvalue weighted by Gasteiger charge is -2.13. The van der Waals surface area contributed by atoms with Crippen LogP contribution in [0.1, 0.15) is 47.2 Å². The summed E-state index contributed by atoms with van der Waals surface area (Å²) in [5.74, 6) is -1.06. The first-order valence-electron chi connectivity index (χ1n) is 7.38. The summed E-state index contributed by atoms with van der Waals surface area (Å²) < 4.78 is 0. The molecule has 23 heavy (non-hydrogen) atoms. The molecule has 0 saturated heterocycles. The van der Waals surface area contributed by atoms with Crippen molar-refractivity contribution in [3.8, 4) is 0 Å². The van der Waals surface area contributed by atoms with Crippen LogP contribution in [-0.4, -0.2) is 33.0 Å². The zero-order chi connectivity index (χ0) is 17.1. The predicted molar refractivity (Wildman–Crippen MR) is 88.1 cm³/mol. The van der Waals surface area contributed by atoms with Crippen molar-refractivity contribution >= 4 is 33.4 Å². The smallest absolute Gasteiger partial charge is 0.326 e. The van der Waals surface area contributed by atoms with Gasteiger partial charge in [0.15, 0.2) is 0 Å². The summed E-state index contributed by atoms with van der Waals surface area (Å²) in [5.41, 5.74) is 0.233. The molecule has 0 spiro atoms. The molecule has 1 atom stereocenters. The molecule has 8 heteroatoms. The number of aromatic nitrogens is 2. The molecule has 2 rings (SSSR count). The molecule has 7 nitrogen and oxygen atoms in total. The number of nitrogens with zero attached hydrogens (tertiary/aromatic N) is 1. The number of nitrogens with one attached hydrogen (secondary N) is 2. The second kappa shape index (κ2) is 6.91. The van der Waals surface area contributed by atoms with Gasteiger partial charge in [-0.25, -0.2) is 9.78 Å². The number of carbonyl (C=O) groups is 2. The van der Waals surface area contributed by atoms with Gasteiger partial charge in [-0.2, -0.15) is 0 Å². The number of hydrogen-bond acceptors (Lipinski definition) is 5. The first-order chi connectivity index (χ1) is 10.8. The molecular formula is C15H19N3O4S. The molecule has 2 aromatic rings. The van der Waals surface area contributed by atoms with Crippen LogP contribution in [0.4, 0.5) is 0 Å². The standard InChI is InChI=1S/C15H19N3O4S/c1-4-5-6-9(15(21)22)18-13(20)11-7(2)10-12(19)16-8(3)17-14(10)23-11/h9H,4-6H2,1-3H3,(H,18,20)(H,21,22)(H,16,17,19). The average Bonchev–Trinajstić information content (AvgIpc) is 2.79. The average molecular weight is 337 g/mol. The summed E-state index contributed by atoms with van der Waals surface area (Å²) in [6.07, 6.45) is 1.93. The second-order valence-electron chi connectivity index (χ2n) is 5.39. The van der Waals surface area contributed by atoms with Crippen LogP contribution >= 0.6 is 11.3 Å². The van der Waals surface area contributed by atoms with E-state index in [0.29, 0.717) is 39.3 Å². The highest BCUT2D eigenvalue weighted by Gasteiger charge is 2.24. The Balaban J connectivity index is 2.34. The number of thiophene rings is 1. The third-order valence-electron chi connectivity index (χ3n) is 3.57. The Morgan fingerprint density at radius 1 is 1.39 bits per heavy atom. The monoisotopic (exact) mass is 337 g/mol. The van der Waals surface area contributed by atoms with E-state index in [4.69, 9.17) is 0 Å². The Morgan fingerprint density at radius 2 is 2.09 bits per heavy atom. The number of aryl methyl sites for hydroxylation is 2. The second-order valence-corrected chi connectivity index (χ2v) is 6.39. The maximum Gasteiger partial charge on any atom is 0.326 e. The number of rotatable bonds is 6. The first-order valence-corrected chi connectivity index (χ1v) is 8.20. The van der Waals surface area contributed by atoms with Crippen LogP contribution in [0.25, 0.3) is 10.2 Å². The van der Waals surface area contributed by atoms with Crippen molar-refractivity contribution in [2.45, 2.75) is 46.1 Å². The fourth-order valence-corrected chi connectivity index (χ4v) is 3.49. The van der Waals surface area contributed by atoms with Gasteiger partial charge in [0, 0.05) is 0 Å². The van der Waals surface area contributed by atoms with E-state index in [2.05, 4.69) is 15.3 Å². The number of carboxylic acids is 1. The molecule has 2 aromatic heterocycles. The number of hydrogen-bond donors (Lipinski definition) is 3. The summed E-state index contributed by atoms with van der Waals surface area (Å²) in [6, 6.07) is -0.931. The van der Waals surface area contributed by atoms with Gasteiger partial charge in [0.25, 0.3) is 11.5 Å². The molecule has 0 radical (unpaired) electrons. The van der Waals surface area contributed by atoms with Gasteiger partial charge in [0.05, 0.1) is 10.3 Å². The van der Waals surface area contributed by atoms with Crippen molar-refractivity contribution in [3.05, 3.63) is 26.6 Å². The third kappa shape index (κ3) is 3.58. The minimum atomic E-state index is -1.06. The topological polar surface area (TPSA) is 112 Å². The number of H-pyrrole nitrogens is 1. The van der Waals surface area contributed by atoms with Gasteiger partial charge in [-0.1, -0.05) is 19.8 Å². The molecule has 0 aliphatic heterocycles. The number of aliphatic carboxylic acids is 1. The number of aromatic amines is 1. The van der Waals surface area contributed by atoms with Crippen LogP contribution in [0.3, 0.4) is 0 Å². The van der Waals surface area contributed by atoms with E-state index in [0.717, 1.165) is 17.8 Å². The maximum absolute atomic E-state index is 12.4. The summed E-state index contributed by atoms with van der Waals surface area (Å²) >= 11 is 1.10. The van der Waals surface area contributed by atoms with E-state index in [9.17, 15) is 19.5 Å². The molecular weight excluding hydrogens is 318 g/mol. The van der Waals surface area contributed by atoms with Crippen molar-refractivity contribution in [2.75, 3.05) is 0 Å². The summed E-state index contributed by atoms with van der Waals surface area (Å²) in [7, 11) is 0. The van der Waals surface area contributed by atoms with Gasteiger partial charge in [-0.3, -0.25) is 9.59 Å². The van der Waals surface area contributed by atoms with Crippen LogP contribution in [0.5, 0.6) is 0 Å². The molecule has 0 aliphatic carbocycles. The number of unbranched alkanes of at least 4 members (excludes halogenated alkanes) is 1. The maximum atomic E-state index is 12.4. The molecule has 0 aromatic carbocycles. The lowest BCUT2D eigenvalue weighted by Crippen LogP contribution is -2.40. The summed E-state index contributed by atoms with van der Waals surface area (Å²) in [5, 5.41) is 12.1. The van der Waals surface area contributed by atoms with Gasteiger partial charge in [0.2, 0.25) is 0 Å². The van der Waals surface area contributed by atoms with E-state index in [-0.39, 0.29) is 5.56 Å². The summed E-state index contributed by atoms with van der Waals surface area (Å²) in [6.45, 7) is 5.29. The Morgan fingerprint density at radius 3 is 2.70 bits per heavy atom. The largest absolute Gasteiger partial charge is 0.480 e. The van der Waals surface area contributed by atoms with Crippen molar-refractivity contribution in [2.24, 2.45) is 0 Å². The minimum Gasteiger partial charge on any atom is -0.480 e. The van der Waals surface area contributed by atoms with Gasteiger partial charge < -0.3 is 15.4 Å². The van der Waals surface area contributed by atoms with Crippen molar-refractivity contribution in [1.29, 1.82) is 0 Å². The Kier molecular flexibility index (Phi) is 5.15. The fourth-order valence-electron chi connectivity index (χ4n) is 2.36. The van der Waals surface area contributed by atoms with E-state index in [1.807, 2.05) is 6.92 Å². The molecule has 1 unspecified atom stereocenters. The molecule has 0 fully saturated rings. The highest BCUT2D eigenvalue weighted by Crippen LogP contribution is 2.27. The van der Waals surface area contributed by atoms with Gasteiger partial charge >= 0.3 is 5.97 Å². The molecule has 1 amide bonds. The number of fused-ring (bicyclic) bond motifs is 1. The minimum absolute atomic E-state index is 0.291. The number of amides is 1. The highest BCUT2D eigenvalue weighted by molar-refractivity contribution is 7.20. The van der Waals surface area contributed by atoms with Crippen molar-refractivity contribution in [1.82, 2.24) is 15.3 Å². The molecule has 0 aliphatic rings. The SMILES string of the molecule is CCCCC(NC(=O)c1sc2nc(C)[nH]c(=O)c2c1C)C(=O)O. The quantitative estimate of drug-likeness (QED) is 0.746. The van der Waals surface area contributed by atoms with Gasteiger partial charge in [0.1, 0.15) is 16.7 Å². The van der Waals surface area contributed by atoms with Crippen LogP contribution in [-0.2, 0) is 4.79 Å². The van der Waals surface area contributed by atoms with Crippen molar-refractivity contribution < 1.29 is 14.7 Å². The summed E-state index contributed by atoms with van der Waals surface area (Å²) in [4.78, 5) is 43.3. The van der Waals surface area contributed by atoms with E-state index >= 15 is 0 Å². The lowest BCUT2D eigenvalue weighted by molar-refractivity contribution is -0.139. The predicted octanol–water partition coefficient (Wildman–Crippen LogP) is 1.97. The highest BCUT2D eigenvalue weighted by atomic mass is 32.1. The van der Waals surface area contributed by atoms with Crippen LogP contribution in [0.2, 0.25) is 0 Å². The Labute approximate surface area is 136 Å². The molecule has 0 saturated carbocycles.